The third-order valence-electron chi connectivity index (χ3n) is 5.21. The highest BCUT2D eigenvalue weighted by molar-refractivity contribution is 7.87. The largest absolute Gasteiger partial charge is 0.395 e. The molecule has 11 heteroatoms. The smallest absolute Gasteiger partial charge is 0.373 e. The minimum atomic E-state index is -4.48. The van der Waals surface area contributed by atoms with E-state index in [9.17, 15) is 26.4 Å². The Kier molecular flexibility index (Phi) is 5.28. The third-order valence-corrected chi connectivity index (χ3v) is 7.03. The lowest BCUT2D eigenvalue weighted by Gasteiger charge is -2.38. The van der Waals surface area contributed by atoms with E-state index in [1.807, 2.05) is 0 Å². The first-order chi connectivity index (χ1) is 12.0. The van der Waals surface area contributed by atoms with Crippen LogP contribution in [0.1, 0.15) is 26.7 Å². The Labute approximate surface area is 151 Å². The molecule has 0 spiro atoms. The number of hydrogen-bond acceptors (Lipinski definition) is 4. The summed E-state index contributed by atoms with van der Waals surface area (Å²) in [5.41, 5.74) is 0. The zero-order valence-corrected chi connectivity index (χ0v) is 15.5. The van der Waals surface area contributed by atoms with Crippen LogP contribution < -0.4 is 4.72 Å². The second kappa shape index (κ2) is 6.92. The van der Waals surface area contributed by atoms with Gasteiger partial charge < -0.3 is 9.64 Å². The minimum absolute atomic E-state index is 0.0617. The van der Waals surface area contributed by atoms with Crippen LogP contribution >= 0.6 is 0 Å². The molecule has 0 aromatic heterocycles. The molecule has 0 radical (unpaired) electrons. The summed E-state index contributed by atoms with van der Waals surface area (Å²) in [7, 11) is -3.65. The van der Waals surface area contributed by atoms with E-state index in [-0.39, 0.29) is 32.2 Å². The predicted octanol–water partition coefficient (Wildman–Crippen LogP) is 0.729. The molecular weight excluding hydrogens is 375 g/mol. The van der Waals surface area contributed by atoms with Gasteiger partial charge in [0.2, 0.25) is 5.91 Å². The molecule has 4 atom stereocenters. The Morgan fingerprint density at radius 3 is 2.23 bits per heavy atom. The summed E-state index contributed by atoms with van der Waals surface area (Å²) in [5, 5.41) is 0. The lowest BCUT2D eigenvalue weighted by atomic mass is 9.78. The molecule has 3 saturated heterocycles. The van der Waals surface area contributed by atoms with Crippen LogP contribution in [-0.2, 0) is 19.7 Å². The molecule has 0 saturated carbocycles. The van der Waals surface area contributed by atoms with Crippen molar-refractivity contribution in [1.82, 2.24) is 13.9 Å². The monoisotopic (exact) mass is 399 g/mol. The first-order valence-electron chi connectivity index (χ1n) is 8.79. The molecule has 7 nitrogen and oxygen atoms in total. The van der Waals surface area contributed by atoms with Crippen LogP contribution in [0.5, 0.6) is 0 Å². The lowest BCUT2D eigenvalue weighted by molar-refractivity contribution is -0.199. The number of amides is 1. The first-order valence-corrected chi connectivity index (χ1v) is 10.2. The topological polar surface area (TPSA) is 79.0 Å². The van der Waals surface area contributed by atoms with E-state index in [2.05, 4.69) is 4.72 Å². The summed E-state index contributed by atoms with van der Waals surface area (Å²) in [6, 6.07) is -0.265. The van der Waals surface area contributed by atoms with Crippen LogP contribution in [0.3, 0.4) is 0 Å². The van der Waals surface area contributed by atoms with Gasteiger partial charge in [-0.05, 0) is 26.7 Å². The Hall–Kier alpha value is -0.910. The average molecular weight is 399 g/mol. The number of nitrogens with one attached hydrogen (secondary N) is 1. The van der Waals surface area contributed by atoms with Crippen LogP contribution in [-0.4, -0.2) is 74.1 Å². The molecule has 150 valence electrons. The zero-order chi connectivity index (χ0) is 19.3. The van der Waals surface area contributed by atoms with Gasteiger partial charge >= 0.3 is 6.18 Å². The maximum atomic E-state index is 13.4. The summed E-state index contributed by atoms with van der Waals surface area (Å²) in [6.07, 6.45) is -5.33. The van der Waals surface area contributed by atoms with E-state index in [0.717, 1.165) is 0 Å². The van der Waals surface area contributed by atoms with E-state index in [4.69, 9.17) is 4.74 Å². The molecule has 0 aliphatic carbocycles. The van der Waals surface area contributed by atoms with Gasteiger partial charge in [-0.1, -0.05) is 0 Å². The van der Waals surface area contributed by atoms with Crippen molar-refractivity contribution in [2.75, 3.05) is 26.2 Å². The van der Waals surface area contributed by atoms with Crippen molar-refractivity contribution in [1.29, 1.82) is 0 Å². The average Bonchev–Trinajstić information content (AvgIpc) is 3.13. The van der Waals surface area contributed by atoms with Crippen molar-refractivity contribution in [3.8, 4) is 0 Å². The summed E-state index contributed by atoms with van der Waals surface area (Å²) in [4.78, 5) is 14.1. The summed E-state index contributed by atoms with van der Waals surface area (Å²) in [6.45, 7) is 3.68. The molecule has 3 aliphatic rings. The highest BCUT2D eigenvalue weighted by Crippen LogP contribution is 2.51. The lowest BCUT2D eigenvalue weighted by Crippen LogP contribution is -2.57. The van der Waals surface area contributed by atoms with Gasteiger partial charge in [-0.15, -0.1) is 0 Å². The number of ether oxygens (including phenoxy) is 1. The van der Waals surface area contributed by atoms with Gasteiger partial charge in [0.25, 0.3) is 10.2 Å². The second-order valence-corrected chi connectivity index (χ2v) is 9.09. The van der Waals surface area contributed by atoms with Gasteiger partial charge in [-0.2, -0.15) is 30.6 Å². The fourth-order valence-corrected chi connectivity index (χ4v) is 5.53. The molecular formula is C15H24F3N3O4S. The number of nitrogens with zero attached hydrogens (tertiary/aromatic N) is 2. The van der Waals surface area contributed by atoms with E-state index in [1.54, 1.807) is 13.8 Å². The van der Waals surface area contributed by atoms with Crippen molar-refractivity contribution >= 4 is 16.1 Å². The molecule has 26 heavy (non-hydrogen) atoms. The molecule has 0 aromatic rings. The van der Waals surface area contributed by atoms with Gasteiger partial charge in [0.1, 0.15) is 0 Å². The number of hydrogen-bond donors (Lipinski definition) is 1. The van der Waals surface area contributed by atoms with Gasteiger partial charge in [-0.25, -0.2) is 0 Å². The molecule has 4 unspecified atom stereocenters. The predicted molar refractivity (Wildman–Crippen MR) is 86.3 cm³/mol. The van der Waals surface area contributed by atoms with Gasteiger partial charge in [0.05, 0.1) is 24.0 Å². The summed E-state index contributed by atoms with van der Waals surface area (Å²) < 4.78 is 73.5. The van der Waals surface area contributed by atoms with Crippen molar-refractivity contribution in [3.63, 3.8) is 0 Å². The third kappa shape index (κ3) is 3.71. The number of carbonyl (C=O) groups is 1. The van der Waals surface area contributed by atoms with Gasteiger partial charge in [0.15, 0.2) is 0 Å². The molecule has 1 amide bonds. The van der Waals surface area contributed by atoms with Crippen molar-refractivity contribution in [2.45, 2.75) is 51.1 Å². The van der Waals surface area contributed by atoms with E-state index < -0.39 is 46.3 Å². The molecule has 2 bridgehead atoms. The number of alkyl halides is 3. The Morgan fingerprint density at radius 2 is 1.69 bits per heavy atom. The number of piperazine rings is 1. The molecule has 0 aromatic carbocycles. The number of fused-ring (bicyclic) bond motifs is 2. The van der Waals surface area contributed by atoms with Crippen LogP contribution in [0.25, 0.3) is 0 Å². The van der Waals surface area contributed by atoms with E-state index in [1.165, 1.54) is 9.21 Å². The fourth-order valence-electron chi connectivity index (χ4n) is 4.14. The molecule has 3 heterocycles. The quantitative estimate of drug-likeness (QED) is 0.756. The number of halogens is 3. The van der Waals surface area contributed by atoms with E-state index >= 15 is 0 Å². The molecule has 3 fully saturated rings. The summed E-state index contributed by atoms with van der Waals surface area (Å²) >= 11 is 0. The molecule has 3 rings (SSSR count). The van der Waals surface area contributed by atoms with Crippen LogP contribution in [0.4, 0.5) is 13.2 Å². The minimum Gasteiger partial charge on any atom is -0.373 e. The standard InChI is InChI=1S/C15H24F3N3O4S/c1-9(2)19-26(23,24)21-7-5-20(6-8-21)14(22)12-10-3-4-11(25-10)13(12)15(16,17)18/h9-13,19H,3-8H2,1-2H3. The Bertz CT molecular complexity index is 647. The molecule has 3 aliphatic heterocycles. The van der Waals surface area contributed by atoms with Crippen LogP contribution in [0.15, 0.2) is 0 Å². The Morgan fingerprint density at radius 1 is 1.12 bits per heavy atom. The van der Waals surface area contributed by atoms with Crippen molar-refractivity contribution < 1.29 is 31.1 Å². The highest BCUT2D eigenvalue weighted by atomic mass is 32.2. The second-order valence-electron chi connectivity index (χ2n) is 7.39. The summed E-state index contributed by atoms with van der Waals surface area (Å²) in [5.74, 6) is -3.56. The maximum Gasteiger partial charge on any atom is 0.395 e. The van der Waals surface area contributed by atoms with Gasteiger partial charge in [-0.3, -0.25) is 4.79 Å². The van der Waals surface area contributed by atoms with Crippen LogP contribution in [0.2, 0.25) is 0 Å². The normalized spacial score (nSPS) is 33.2. The fraction of sp³-hybridized carbons (Fsp3) is 0.933. The molecule has 1 N–H and O–H groups in total. The zero-order valence-electron chi connectivity index (χ0n) is 14.7. The highest BCUT2D eigenvalue weighted by Gasteiger charge is 2.63. The first kappa shape index (κ1) is 19.8. The number of carbonyl (C=O) groups excluding carboxylic acids is 1. The van der Waals surface area contributed by atoms with Crippen LogP contribution in [0, 0.1) is 11.8 Å². The number of rotatable bonds is 4. The van der Waals surface area contributed by atoms with E-state index in [0.29, 0.717) is 12.8 Å². The SMILES string of the molecule is CC(C)NS(=O)(=O)N1CCN(C(=O)C2C3CCC(O3)C2C(F)(F)F)CC1. The van der Waals surface area contributed by atoms with Crippen molar-refractivity contribution in [3.05, 3.63) is 0 Å². The maximum absolute atomic E-state index is 13.4. The van der Waals surface area contributed by atoms with Crippen molar-refractivity contribution in [2.24, 2.45) is 11.8 Å². The van der Waals surface area contributed by atoms with Gasteiger partial charge in [0, 0.05) is 32.2 Å². The Balaban J connectivity index is 1.65.